The molecule has 7 heteroatoms. The normalized spacial score (nSPS) is 21.5. The van der Waals surface area contributed by atoms with Crippen LogP contribution in [0.2, 0.25) is 0 Å². The highest BCUT2D eigenvalue weighted by Crippen LogP contribution is 2.41. The van der Waals surface area contributed by atoms with Gasteiger partial charge >= 0.3 is 0 Å². The van der Waals surface area contributed by atoms with E-state index in [4.69, 9.17) is 5.73 Å². The molecule has 174 valence electrons. The van der Waals surface area contributed by atoms with E-state index in [0.717, 1.165) is 42.1 Å². The van der Waals surface area contributed by atoms with Gasteiger partial charge in [0.25, 0.3) is 0 Å². The molecule has 1 unspecified atom stereocenters. The number of hydrogen-bond acceptors (Lipinski definition) is 3. The van der Waals surface area contributed by atoms with Gasteiger partial charge in [0.15, 0.2) is 0 Å². The number of aromatic nitrogens is 1. The highest BCUT2D eigenvalue weighted by atomic mass is 35.5. The van der Waals surface area contributed by atoms with Crippen molar-refractivity contribution >= 4 is 41.6 Å². The zero-order chi connectivity index (χ0) is 21.1. The Kier molecular flexibility index (Phi) is 9.17. The number of amides is 1. The summed E-state index contributed by atoms with van der Waals surface area (Å²) < 4.78 is 0. The van der Waals surface area contributed by atoms with E-state index < -0.39 is 0 Å². The first-order valence-corrected chi connectivity index (χ1v) is 10.8. The second kappa shape index (κ2) is 11.2. The summed E-state index contributed by atoms with van der Waals surface area (Å²) in [4.78, 5) is 17.9. The highest BCUT2D eigenvalue weighted by molar-refractivity contribution is 5.86. The van der Waals surface area contributed by atoms with Crippen molar-refractivity contribution in [3.05, 3.63) is 71.9 Å². The number of nitrogens with one attached hydrogen (secondary N) is 2. The number of carbonyl (C=O) groups is 1. The smallest absolute Gasteiger partial charge is 0.234 e. The lowest BCUT2D eigenvalue weighted by molar-refractivity contribution is -0.120. The summed E-state index contributed by atoms with van der Waals surface area (Å²) in [5.74, 6) is -0.284. The van der Waals surface area contributed by atoms with Crippen LogP contribution in [0.1, 0.15) is 36.8 Å². The van der Waals surface area contributed by atoms with Crippen LogP contribution in [0.4, 0.5) is 0 Å². The fraction of sp³-hybridized carbons (Fsp3) is 0.400. The van der Waals surface area contributed by atoms with Crippen LogP contribution in [-0.4, -0.2) is 42.0 Å². The second-order valence-corrected chi connectivity index (χ2v) is 8.75. The molecular weight excluding hydrogens is 443 g/mol. The number of para-hydroxylation sites is 1. The van der Waals surface area contributed by atoms with Crippen LogP contribution in [0, 0.1) is 0 Å². The monoisotopic (exact) mass is 476 g/mol. The molecule has 0 aliphatic heterocycles. The number of hydrogen-bond donors (Lipinski definition) is 3. The van der Waals surface area contributed by atoms with E-state index in [1.807, 2.05) is 18.3 Å². The Hall–Kier alpha value is -2.05. The third kappa shape index (κ3) is 5.29. The Bertz CT molecular complexity index is 997. The minimum atomic E-state index is -0.363. The number of nitrogens with two attached hydrogens (primary N) is 1. The van der Waals surface area contributed by atoms with Crippen LogP contribution in [0.3, 0.4) is 0 Å². The number of H-pyrrole nitrogens is 1. The minimum absolute atomic E-state index is 0. The van der Waals surface area contributed by atoms with E-state index in [9.17, 15) is 4.79 Å². The molecule has 5 nitrogen and oxygen atoms in total. The van der Waals surface area contributed by atoms with Gasteiger partial charge in [-0.15, -0.1) is 24.8 Å². The fourth-order valence-electron chi connectivity index (χ4n) is 5.05. The van der Waals surface area contributed by atoms with Crippen molar-refractivity contribution in [2.75, 3.05) is 14.1 Å². The Morgan fingerprint density at radius 1 is 1.09 bits per heavy atom. The lowest BCUT2D eigenvalue weighted by Crippen LogP contribution is -2.52. The minimum Gasteiger partial charge on any atom is -0.368 e. The topological polar surface area (TPSA) is 74.2 Å². The molecule has 1 atom stereocenters. The highest BCUT2D eigenvalue weighted by Gasteiger charge is 2.39. The zero-order valence-electron chi connectivity index (χ0n) is 18.7. The van der Waals surface area contributed by atoms with Crippen molar-refractivity contribution in [3.63, 3.8) is 0 Å². The van der Waals surface area contributed by atoms with E-state index in [-0.39, 0.29) is 42.3 Å². The van der Waals surface area contributed by atoms with Gasteiger partial charge in [-0.3, -0.25) is 9.69 Å². The van der Waals surface area contributed by atoms with Crippen molar-refractivity contribution in [2.45, 2.75) is 49.7 Å². The quantitative estimate of drug-likeness (QED) is 0.472. The van der Waals surface area contributed by atoms with Gasteiger partial charge in [-0.1, -0.05) is 48.5 Å². The van der Waals surface area contributed by atoms with Gasteiger partial charge in [0.2, 0.25) is 5.91 Å². The van der Waals surface area contributed by atoms with Crippen LogP contribution in [0.5, 0.6) is 0 Å². The number of carbonyl (C=O) groups excluding carboxylic acids is 1. The van der Waals surface area contributed by atoms with Crippen LogP contribution < -0.4 is 11.1 Å². The zero-order valence-corrected chi connectivity index (χ0v) is 20.3. The molecule has 4 rings (SSSR count). The Balaban J connectivity index is 0.00000181. The van der Waals surface area contributed by atoms with Crippen molar-refractivity contribution in [3.8, 4) is 0 Å². The molecule has 0 bridgehead atoms. The van der Waals surface area contributed by atoms with E-state index in [1.165, 1.54) is 5.56 Å². The first-order valence-electron chi connectivity index (χ1n) is 10.8. The third-order valence-electron chi connectivity index (χ3n) is 6.86. The summed E-state index contributed by atoms with van der Waals surface area (Å²) in [6, 6.07) is 18.9. The first kappa shape index (κ1) is 26.2. The Labute approximate surface area is 203 Å². The van der Waals surface area contributed by atoms with Crippen LogP contribution >= 0.6 is 24.8 Å². The Morgan fingerprint density at radius 2 is 1.72 bits per heavy atom. The maximum atomic E-state index is 12.2. The molecule has 1 saturated carbocycles. The lowest BCUT2D eigenvalue weighted by atomic mass is 9.74. The van der Waals surface area contributed by atoms with E-state index in [2.05, 4.69) is 71.8 Å². The summed E-state index contributed by atoms with van der Waals surface area (Å²) in [5, 5.41) is 4.74. The molecule has 32 heavy (non-hydrogen) atoms. The molecule has 1 fully saturated rings. The van der Waals surface area contributed by atoms with Gasteiger partial charge in [0.05, 0.1) is 6.04 Å². The number of rotatable bonds is 7. The van der Waals surface area contributed by atoms with E-state index >= 15 is 0 Å². The largest absolute Gasteiger partial charge is 0.368 e. The lowest BCUT2D eigenvalue weighted by Gasteiger charge is -2.46. The summed E-state index contributed by atoms with van der Waals surface area (Å²) in [7, 11) is 4.34. The third-order valence-corrected chi connectivity index (χ3v) is 6.86. The molecule has 1 aliphatic rings. The predicted molar refractivity (Wildman–Crippen MR) is 137 cm³/mol. The van der Waals surface area contributed by atoms with Gasteiger partial charge in [0.1, 0.15) is 0 Å². The molecule has 0 saturated heterocycles. The Morgan fingerprint density at radius 3 is 2.34 bits per heavy atom. The van der Waals surface area contributed by atoms with Crippen molar-refractivity contribution < 1.29 is 4.79 Å². The van der Waals surface area contributed by atoms with E-state index in [1.54, 1.807) is 0 Å². The van der Waals surface area contributed by atoms with Crippen molar-refractivity contribution in [1.82, 2.24) is 15.2 Å². The standard InChI is InChI=1S/C25H32N4O.2ClH/c1-29(2)25(19-8-4-3-5-9-19)14-12-20(13-15-25)28-23(24(26)30)16-18-17-27-22-11-7-6-10-21(18)22;;/h3-11,17,20,23,27-28H,12-16H2,1-2H3,(H2,26,30);2*1H. The molecule has 3 aromatic rings. The first-order chi connectivity index (χ1) is 14.5. The number of primary amides is 1. The van der Waals surface area contributed by atoms with Gasteiger partial charge in [0, 0.05) is 28.7 Å². The predicted octanol–water partition coefficient (Wildman–Crippen LogP) is 4.40. The maximum Gasteiger partial charge on any atom is 0.234 e. The SMILES string of the molecule is CN(C)C1(c2ccccc2)CCC(NC(Cc2c[nH]c3ccccc23)C(N)=O)CC1.Cl.Cl. The molecule has 1 aromatic heterocycles. The molecule has 0 spiro atoms. The average molecular weight is 477 g/mol. The van der Waals surface area contributed by atoms with Gasteiger partial charge < -0.3 is 16.0 Å². The molecular formula is C25H34Cl2N4O. The van der Waals surface area contributed by atoms with Gasteiger partial charge in [-0.25, -0.2) is 0 Å². The summed E-state index contributed by atoms with van der Waals surface area (Å²) in [6.45, 7) is 0. The molecule has 1 amide bonds. The molecule has 0 radical (unpaired) electrons. The average Bonchev–Trinajstić information content (AvgIpc) is 3.17. The number of benzene rings is 2. The second-order valence-electron chi connectivity index (χ2n) is 8.75. The molecule has 1 aliphatic carbocycles. The number of aromatic amines is 1. The molecule has 1 heterocycles. The van der Waals surface area contributed by atoms with Crippen molar-refractivity contribution in [2.24, 2.45) is 5.73 Å². The molecule has 2 aromatic carbocycles. The van der Waals surface area contributed by atoms with Gasteiger partial charge in [-0.05, 0) is 63.4 Å². The van der Waals surface area contributed by atoms with Crippen LogP contribution in [0.15, 0.2) is 60.8 Å². The summed E-state index contributed by atoms with van der Waals surface area (Å²) in [6.07, 6.45) is 6.75. The number of fused-ring (bicyclic) bond motifs is 1. The van der Waals surface area contributed by atoms with Gasteiger partial charge in [-0.2, -0.15) is 0 Å². The number of nitrogens with zero attached hydrogens (tertiary/aromatic N) is 1. The molecule has 4 N–H and O–H groups in total. The van der Waals surface area contributed by atoms with Crippen LogP contribution in [0.25, 0.3) is 10.9 Å². The van der Waals surface area contributed by atoms with Crippen LogP contribution in [-0.2, 0) is 16.8 Å². The van der Waals surface area contributed by atoms with Crippen molar-refractivity contribution in [1.29, 1.82) is 0 Å². The maximum absolute atomic E-state index is 12.2. The summed E-state index contributed by atoms with van der Waals surface area (Å²) in [5.41, 5.74) is 9.43. The summed E-state index contributed by atoms with van der Waals surface area (Å²) >= 11 is 0. The number of halogens is 2. The van der Waals surface area contributed by atoms with E-state index in [0.29, 0.717) is 12.5 Å². The fourth-order valence-corrected chi connectivity index (χ4v) is 5.05.